The first-order chi connectivity index (χ1) is 14.6. The fourth-order valence-corrected chi connectivity index (χ4v) is 5.04. The molecule has 0 aliphatic carbocycles. The third-order valence-corrected chi connectivity index (χ3v) is 7.00. The quantitative estimate of drug-likeness (QED) is 0.820. The molecular weight excluding hydrogens is 380 g/mol. The van der Waals surface area contributed by atoms with E-state index in [2.05, 4.69) is 40.3 Å². The highest BCUT2D eigenvalue weighted by atomic mass is 16.4. The van der Waals surface area contributed by atoms with Gasteiger partial charge < -0.3 is 14.9 Å². The van der Waals surface area contributed by atoms with Crippen LogP contribution in [0.1, 0.15) is 31.2 Å². The van der Waals surface area contributed by atoms with Gasteiger partial charge in [0.1, 0.15) is 0 Å². The van der Waals surface area contributed by atoms with Crippen LogP contribution >= 0.6 is 0 Å². The lowest BCUT2D eigenvalue weighted by molar-refractivity contribution is -0.143. The summed E-state index contributed by atoms with van der Waals surface area (Å²) >= 11 is 0. The van der Waals surface area contributed by atoms with Crippen molar-refractivity contribution in [2.24, 2.45) is 11.8 Å². The Morgan fingerprint density at radius 3 is 1.93 bits per heavy atom. The molecule has 0 saturated carbocycles. The summed E-state index contributed by atoms with van der Waals surface area (Å²) in [7, 11) is 0. The highest BCUT2D eigenvalue weighted by Crippen LogP contribution is 2.24. The molecule has 0 spiro atoms. The van der Waals surface area contributed by atoms with Crippen LogP contribution in [0.5, 0.6) is 0 Å². The first kappa shape index (κ1) is 21.1. The molecule has 7 nitrogen and oxygen atoms in total. The van der Waals surface area contributed by atoms with Crippen LogP contribution in [0.2, 0.25) is 0 Å². The lowest BCUT2D eigenvalue weighted by Gasteiger charge is -2.45. The Hall–Kier alpha value is -2.12. The average molecular weight is 415 g/mol. The third-order valence-electron chi connectivity index (χ3n) is 7.00. The van der Waals surface area contributed by atoms with Gasteiger partial charge in [-0.05, 0) is 43.6 Å². The number of aliphatic carboxylic acids is 1. The van der Waals surface area contributed by atoms with Crippen LogP contribution in [0.15, 0.2) is 30.3 Å². The van der Waals surface area contributed by atoms with Gasteiger partial charge in [-0.2, -0.15) is 0 Å². The molecule has 1 N–H and O–H groups in total. The van der Waals surface area contributed by atoms with Gasteiger partial charge in [0, 0.05) is 52.4 Å². The Labute approximate surface area is 179 Å². The SMILES string of the molecule is O=C(O)C1CCN(C(=O)N2CCN(N3CCC(Cc4ccccc4)CC3)CC2)CC1. The van der Waals surface area contributed by atoms with Crippen molar-refractivity contribution in [2.45, 2.75) is 32.1 Å². The number of piperidine rings is 2. The molecule has 0 atom stereocenters. The van der Waals surface area contributed by atoms with E-state index in [0.717, 1.165) is 45.2 Å². The van der Waals surface area contributed by atoms with E-state index >= 15 is 0 Å². The van der Waals surface area contributed by atoms with Crippen LogP contribution in [0.4, 0.5) is 4.79 Å². The zero-order valence-electron chi connectivity index (χ0n) is 17.8. The molecule has 7 heteroatoms. The largest absolute Gasteiger partial charge is 0.481 e. The molecule has 3 heterocycles. The summed E-state index contributed by atoms with van der Waals surface area (Å²) < 4.78 is 0. The molecule has 0 unspecified atom stereocenters. The Bertz CT molecular complexity index is 704. The van der Waals surface area contributed by atoms with E-state index in [-0.39, 0.29) is 11.9 Å². The van der Waals surface area contributed by atoms with Gasteiger partial charge in [-0.3, -0.25) is 4.79 Å². The minimum atomic E-state index is -0.733. The van der Waals surface area contributed by atoms with E-state index in [9.17, 15) is 9.59 Å². The number of hydrazine groups is 1. The normalized spacial score (nSPS) is 22.9. The number of hydrogen-bond acceptors (Lipinski definition) is 4. The van der Waals surface area contributed by atoms with Crippen LogP contribution in [0.3, 0.4) is 0 Å². The number of likely N-dealkylation sites (tertiary alicyclic amines) is 1. The number of carboxylic acid groups (broad SMARTS) is 1. The van der Waals surface area contributed by atoms with Gasteiger partial charge in [0.15, 0.2) is 0 Å². The van der Waals surface area contributed by atoms with Gasteiger partial charge in [0.05, 0.1) is 5.92 Å². The fourth-order valence-electron chi connectivity index (χ4n) is 5.04. The lowest BCUT2D eigenvalue weighted by Crippen LogP contribution is -2.58. The monoisotopic (exact) mass is 414 g/mol. The zero-order chi connectivity index (χ0) is 20.9. The van der Waals surface area contributed by atoms with Crippen LogP contribution in [0, 0.1) is 11.8 Å². The van der Waals surface area contributed by atoms with Gasteiger partial charge in [-0.1, -0.05) is 30.3 Å². The van der Waals surface area contributed by atoms with E-state index in [1.807, 2.05) is 9.80 Å². The highest BCUT2D eigenvalue weighted by Gasteiger charge is 2.32. The van der Waals surface area contributed by atoms with Gasteiger partial charge in [0.2, 0.25) is 0 Å². The van der Waals surface area contributed by atoms with Crippen LogP contribution in [-0.4, -0.2) is 89.3 Å². The molecule has 30 heavy (non-hydrogen) atoms. The molecule has 0 bridgehead atoms. The number of amides is 2. The number of rotatable bonds is 4. The molecule has 164 valence electrons. The van der Waals surface area contributed by atoms with Gasteiger partial charge in [0.25, 0.3) is 0 Å². The highest BCUT2D eigenvalue weighted by molar-refractivity contribution is 5.75. The Balaban J connectivity index is 1.18. The smallest absolute Gasteiger partial charge is 0.320 e. The van der Waals surface area contributed by atoms with Gasteiger partial charge in [-0.15, -0.1) is 0 Å². The van der Waals surface area contributed by atoms with E-state index in [1.165, 1.54) is 24.8 Å². The third kappa shape index (κ3) is 5.13. The number of nitrogens with zero attached hydrogens (tertiary/aromatic N) is 4. The Morgan fingerprint density at radius 1 is 0.767 bits per heavy atom. The second kappa shape index (κ2) is 9.79. The van der Waals surface area contributed by atoms with Gasteiger partial charge in [-0.25, -0.2) is 14.8 Å². The molecule has 3 saturated heterocycles. The Kier molecular flexibility index (Phi) is 6.89. The summed E-state index contributed by atoms with van der Waals surface area (Å²) in [6.07, 6.45) is 4.77. The van der Waals surface area contributed by atoms with Crippen LogP contribution in [-0.2, 0) is 11.2 Å². The van der Waals surface area contributed by atoms with Crippen molar-refractivity contribution >= 4 is 12.0 Å². The fraction of sp³-hybridized carbons (Fsp3) is 0.652. The van der Waals surface area contributed by atoms with E-state index < -0.39 is 5.97 Å². The predicted octanol–water partition coefficient (Wildman–Crippen LogP) is 2.39. The molecule has 3 fully saturated rings. The van der Waals surface area contributed by atoms with Crippen molar-refractivity contribution in [1.82, 2.24) is 19.8 Å². The van der Waals surface area contributed by atoms with E-state index in [0.29, 0.717) is 25.9 Å². The van der Waals surface area contributed by atoms with Crippen LogP contribution < -0.4 is 0 Å². The molecule has 2 amide bonds. The number of carbonyl (C=O) groups excluding carboxylic acids is 1. The molecule has 0 radical (unpaired) electrons. The van der Waals surface area contributed by atoms with Gasteiger partial charge >= 0.3 is 12.0 Å². The summed E-state index contributed by atoms with van der Waals surface area (Å²) in [6, 6.07) is 10.9. The van der Waals surface area contributed by atoms with Crippen molar-refractivity contribution < 1.29 is 14.7 Å². The van der Waals surface area contributed by atoms with E-state index in [1.54, 1.807) is 0 Å². The summed E-state index contributed by atoms with van der Waals surface area (Å²) in [5.41, 5.74) is 1.44. The number of piperazine rings is 1. The summed E-state index contributed by atoms with van der Waals surface area (Å²) in [4.78, 5) is 27.7. The standard InChI is InChI=1S/C23H34N4O3/c28-22(29)21-8-10-24(11-9-21)23(30)25-14-16-27(17-15-25)26-12-6-20(7-13-26)18-19-4-2-1-3-5-19/h1-5,20-21H,6-18H2,(H,28,29). The first-order valence-corrected chi connectivity index (χ1v) is 11.4. The number of hydrogen-bond donors (Lipinski definition) is 1. The topological polar surface area (TPSA) is 67.3 Å². The number of carbonyl (C=O) groups is 2. The Morgan fingerprint density at radius 2 is 1.33 bits per heavy atom. The number of carboxylic acids is 1. The maximum atomic E-state index is 12.8. The van der Waals surface area contributed by atoms with Crippen molar-refractivity contribution in [2.75, 3.05) is 52.4 Å². The van der Waals surface area contributed by atoms with Crippen molar-refractivity contribution in [3.63, 3.8) is 0 Å². The number of urea groups is 1. The van der Waals surface area contributed by atoms with Crippen molar-refractivity contribution in [3.05, 3.63) is 35.9 Å². The summed E-state index contributed by atoms with van der Waals surface area (Å²) in [5, 5.41) is 14.0. The average Bonchev–Trinajstić information content (AvgIpc) is 2.80. The molecule has 4 rings (SSSR count). The molecule has 3 aliphatic rings. The molecular formula is C23H34N4O3. The second-order valence-corrected chi connectivity index (χ2v) is 8.91. The zero-order valence-corrected chi connectivity index (χ0v) is 17.8. The summed E-state index contributed by atoms with van der Waals surface area (Å²) in [6.45, 7) is 6.61. The minimum absolute atomic E-state index is 0.0834. The molecule has 1 aromatic carbocycles. The first-order valence-electron chi connectivity index (χ1n) is 11.4. The second-order valence-electron chi connectivity index (χ2n) is 8.91. The van der Waals surface area contributed by atoms with Crippen LogP contribution in [0.25, 0.3) is 0 Å². The van der Waals surface area contributed by atoms with E-state index in [4.69, 9.17) is 5.11 Å². The molecule has 0 aromatic heterocycles. The minimum Gasteiger partial charge on any atom is -0.481 e. The maximum absolute atomic E-state index is 12.8. The predicted molar refractivity (Wildman–Crippen MR) is 115 cm³/mol. The number of benzene rings is 1. The van der Waals surface area contributed by atoms with Crippen molar-refractivity contribution in [1.29, 1.82) is 0 Å². The van der Waals surface area contributed by atoms with Crippen molar-refractivity contribution in [3.8, 4) is 0 Å². The molecule has 1 aromatic rings. The summed E-state index contributed by atoms with van der Waals surface area (Å²) in [5.74, 6) is -0.265. The molecule has 3 aliphatic heterocycles. The maximum Gasteiger partial charge on any atom is 0.320 e. The lowest BCUT2D eigenvalue weighted by atomic mass is 9.91.